The van der Waals surface area contributed by atoms with Gasteiger partial charge < -0.3 is 19.5 Å². The van der Waals surface area contributed by atoms with Crippen molar-refractivity contribution in [2.75, 3.05) is 26.6 Å². The van der Waals surface area contributed by atoms with Crippen LogP contribution < -0.4 is 24.2 Å². The maximum absolute atomic E-state index is 12.7. The molecule has 0 unspecified atom stereocenters. The highest BCUT2D eigenvalue weighted by Gasteiger charge is 2.22. The summed E-state index contributed by atoms with van der Waals surface area (Å²) in [7, 11) is 0.0205. The van der Waals surface area contributed by atoms with E-state index in [0.29, 0.717) is 22.9 Å². The van der Waals surface area contributed by atoms with Crippen LogP contribution in [0.1, 0.15) is 17.3 Å². The van der Waals surface area contributed by atoms with E-state index in [2.05, 4.69) is 5.32 Å². The predicted molar refractivity (Wildman–Crippen MR) is 116 cm³/mol. The quantitative estimate of drug-likeness (QED) is 0.571. The van der Waals surface area contributed by atoms with Gasteiger partial charge in [-0.15, -0.1) is 0 Å². The minimum atomic E-state index is -4.29. The molecule has 11 heteroatoms. The van der Waals surface area contributed by atoms with Crippen LogP contribution in [0.3, 0.4) is 0 Å². The predicted octanol–water partition coefficient (Wildman–Crippen LogP) is 3.00. The van der Waals surface area contributed by atoms with E-state index in [9.17, 15) is 18.0 Å². The number of ether oxygens (including phenoxy) is 3. The highest BCUT2D eigenvalue weighted by Crippen LogP contribution is 2.40. The van der Waals surface area contributed by atoms with E-state index in [-0.39, 0.29) is 10.6 Å². The molecule has 0 radical (unpaired) electrons. The standard InChI is InChI=1S/C20H21ClN2O7S/c1-5-6-18(24)23-31(26,27)17-9-12(7-8-14(17)21)20(25)22-13-10-15(28-2)19(30-4)16(11-13)29-3/h5-11H,1-4H3,(H,22,25)(H,23,24)/b6-5+. The summed E-state index contributed by atoms with van der Waals surface area (Å²) in [5, 5.41) is 2.48. The third kappa shape index (κ3) is 5.68. The summed E-state index contributed by atoms with van der Waals surface area (Å²) in [6.07, 6.45) is 2.43. The van der Waals surface area contributed by atoms with Gasteiger partial charge in [0, 0.05) is 23.4 Å². The van der Waals surface area contributed by atoms with Crippen LogP contribution in [-0.4, -0.2) is 41.6 Å². The summed E-state index contributed by atoms with van der Waals surface area (Å²) in [6.45, 7) is 1.56. The van der Waals surface area contributed by atoms with Gasteiger partial charge in [0.15, 0.2) is 11.5 Å². The van der Waals surface area contributed by atoms with Gasteiger partial charge in [0.1, 0.15) is 4.90 Å². The van der Waals surface area contributed by atoms with Gasteiger partial charge in [0.25, 0.3) is 21.8 Å². The summed E-state index contributed by atoms with van der Waals surface area (Å²) in [5.41, 5.74) is 0.317. The van der Waals surface area contributed by atoms with Crippen molar-refractivity contribution in [3.05, 3.63) is 53.1 Å². The van der Waals surface area contributed by atoms with Crippen molar-refractivity contribution in [3.63, 3.8) is 0 Å². The Balaban J connectivity index is 2.38. The molecule has 2 rings (SSSR count). The van der Waals surface area contributed by atoms with Crippen molar-refractivity contribution in [2.24, 2.45) is 0 Å². The molecule has 0 bridgehead atoms. The molecule has 2 amide bonds. The average molecular weight is 469 g/mol. The van der Waals surface area contributed by atoms with E-state index in [1.807, 2.05) is 4.72 Å². The maximum atomic E-state index is 12.7. The highest BCUT2D eigenvalue weighted by molar-refractivity contribution is 7.90. The van der Waals surface area contributed by atoms with Crippen LogP contribution in [0.2, 0.25) is 5.02 Å². The van der Waals surface area contributed by atoms with E-state index in [0.717, 1.165) is 12.1 Å². The Kier molecular flexibility index (Phi) is 7.89. The Morgan fingerprint density at radius 2 is 1.61 bits per heavy atom. The van der Waals surface area contributed by atoms with Gasteiger partial charge in [0.2, 0.25) is 5.75 Å². The Morgan fingerprint density at radius 1 is 1.00 bits per heavy atom. The number of halogens is 1. The molecule has 0 saturated heterocycles. The number of rotatable bonds is 8. The lowest BCUT2D eigenvalue weighted by atomic mass is 10.2. The molecule has 31 heavy (non-hydrogen) atoms. The Hall–Kier alpha value is -3.24. The molecule has 0 aromatic heterocycles. The molecule has 9 nitrogen and oxygen atoms in total. The second-order valence-electron chi connectivity index (χ2n) is 5.98. The van der Waals surface area contributed by atoms with Gasteiger partial charge in [-0.25, -0.2) is 13.1 Å². The van der Waals surface area contributed by atoms with Gasteiger partial charge in [-0.1, -0.05) is 17.7 Å². The number of hydrogen-bond donors (Lipinski definition) is 2. The fourth-order valence-electron chi connectivity index (χ4n) is 2.58. The molecule has 0 aliphatic rings. The van der Waals surface area contributed by atoms with Gasteiger partial charge in [0.05, 0.1) is 26.4 Å². The molecule has 0 saturated carbocycles. The van der Waals surface area contributed by atoms with Crippen LogP contribution in [0.25, 0.3) is 0 Å². The van der Waals surface area contributed by atoms with Crippen LogP contribution in [0.5, 0.6) is 17.2 Å². The van der Waals surface area contributed by atoms with Gasteiger partial charge in [-0.3, -0.25) is 9.59 Å². The fourth-order valence-corrected chi connectivity index (χ4v) is 4.05. The van der Waals surface area contributed by atoms with Crippen LogP contribution in [-0.2, 0) is 14.8 Å². The number of nitrogens with one attached hydrogen (secondary N) is 2. The zero-order valence-electron chi connectivity index (χ0n) is 17.2. The van der Waals surface area contributed by atoms with Gasteiger partial charge in [-0.2, -0.15) is 0 Å². The summed E-state index contributed by atoms with van der Waals surface area (Å²) in [6, 6.07) is 6.71. The topological polar surface area (TPSA) is 120 Å². The average Bonchev–Trinajstić information content (AvgIpc) is 2.72. The molecule has 0 atom stereocenters. The van der Waals surface area contributed by atoms with E-state index in [1.165, 1.54) is 51.7 Å². The summed E-state index contributed by atoms with van der Waals surface area (Å²) >= 11 is 5.99. The molecule has 2 aromatic carbocycles. The van der Waals surface area contributed by atoms with Crippen molar-refractivity contribution in [1.29, 1.82) is 0 Å². The van der Waals surface area contributed by atoms with E-state index >= 15 is 0 Å². The number of hydrogen-bond acceptors (Lipinski definition) is 7. The van der Waals surface area contributed by atoms with Crippen molar-refractivity contribution in [3.8, 4) is 17.2 Å². The Morgan fingerprint density at radius 3 is 2.13 bits per heavy atom. The Labute approximate surface area is 185 Å². The minimum Gasteiger partial charge on any atom is -0.493 e. The summed E-state index contributed by atoms with van der Waals surface area (Å²) in [4.78, 5) is 24.0. The monoisotopic (exact) mass is 468 g/mol. The van der Waals surface area contributed by atoms with E-state index in [4.69, 9.17) is 25.8 Å². The zero-order valence-corrected chi connectivity index (χ0v) is 18.8. The van der Waals surface area contributed by atoms with Crippen molar-refractivity contribution in [1.82, 2.24) is 4.72 Å². The number of anilines is 1. The summed E-state index contributed by atoms with van der Waals surface area (Å²) in [5.74, 6) is -0.473. The molecule has 0 fully saturated rings. The lowest BCUT2D eigenvalue weighted by molar-refractivity contribution is -0.114. The number of carbonyl (C=O) groups excluding carboxylic acids is 2. The number of allylic oxidation sites excluding steroid dienone is 1. The first-order valence-corrected chi connectivity index (χ1v) is 10.6. The molecule has 0 aliphatic carbocycles. The number of benzene rings is 2. The van der Waals surface area contributed by atoms with Crippen LogP contribution >= 0.6 is 11.6 Å². The number of methoxy groups -OCH3 is 3. The second kappa shape index (κ2) is 10.2. The van der Waals surface area contributed by atoms with Crippen LogP contribution in [0.4, 0.5) is 5.69 Å². The SMILES string of the molecule is C/C=C/C(=O)NS(=O)(=O)c1cc(C(=O)Nc2cc(OC)c(OC)c(OC)c2)ccc1Cl. The molecule has 0 spiro atoms. The molecular weight excluding hydrogens is 448 g/mol. The normalized spacial score (nSPS) is 11.1. The fraction of sp³-hybridized carbons (Fsp3) is 0.200. The maximum Gasteiger partial charge on any atom is 0.265 e. The lowest BCUT2D eigenvalue weighted by Crippen LogP contribution is -2.29. The van der Waals surface area contributed by atoms with E-state index in [1.54, 1.807) is 6.92 Å². The second-order valence-corrected chi connectivity index (χ2v) is 8.04. The van der Waals surface area contributed by atoms with Crippen molar-refractivity contribution < 1.29 is 32.2 Å². The minimum absolute atomic E-state index is 0.00277. The van der Waals surface area contributed by atoms with Gasteiger partial charge >= 0.3 is 0 Å². The molecule has 2 aromatic rings. The largest absolute Gasteiger partial charge is 0.493 e. The Bertz CT molecular complexity index is 1110. The first-order chi connectivity index (χ1) is 14.7. The third-order valence-corrected chi connectivity index (χ3v) is 5.79. The molecule has 0 aliphatic heterocycles. The number of amides is 2. The van der Waals surface area contributed by atoms with Crippen molar-refractivity contribution in [2.45, 2.75) is 11.8 Å². The van der Waals surface area contributed by atoms with Crippen molar-refractivity contribution >= 4 is 39.1 Å². The number of sulfonamides is 1. The lowest BCUT2D eigenvalue weighted by Gasteiger charge is -2.15. The molecule has 0 heterocycles. The first-order valence-electron chi connectivity index (χ1n) is 8.77. The zero-order chi connectivity index (χ0) is 23.2. The molecule has 2 N–H and O–H groups in total. The summed E-state index contributed by atoms with van der Waals surface area (Å²) < 4.78 is 42.5. The molecule has 166 valence electrons. The number of carbonyl (C=O) groups is 2. The smallest absolute Gasteiger partial charge is 0.265 e. The van der Waals surface area contributed by atoms with Crippen LogP contribution in [0, 0.1) is 0 Å². The van der Waals surface area contributed by atoms with Gasteiger partial charge in [-0.05, 0) is 31.2 Å². The third-order valence-electron chi connectivity index (χ3n) is 3.96. The van der Waals surface area contributed by atoms with E-state index < -0.39 is 26.7 Å². The first kappa shape index (κ1) is 24.0. The highest BCUT2D eigenvalue weighted by atomic mass is 35.5. The van der Waals surface area contributed by atoms with Crippen LogP contribution in [0.15, 0.2) is 47.4 Å². The molecular formula is C20H21ClN2O7S.